The molecule has 256 valence electrons. The Labute approximate surface area is 267 Å². The van der Waals surface area contributed by atoms with E-state index < -0.39 is 24.3 Å². The lowest BCUT2D eigenvalue weighted by molar-refractivity contribution is -0.193. The van der Waals surface area contributed by atoms with Crippen LogP contribution in [0.15, 0.2) is 67.1 Å². The van der Waals surface area contributed by atoms with Gasteiger partial charge in [0.15, 0.2) is 5.75 Å². The monoisotopic (exact) mass is 684 g/mol. The molecule has 18 heteroatoms. The number of carbonyl (C=O) groups is 3. The van der Waals surface area contributed by atoms with Gasteiger partial charge in [-0.2, -0.15) is 31.4 Å². The minimum atomic E-state index is -5.08. The number of benzene rings is 2. The number of aliphatic carboxylic acids is 2. The number of fused-ring (bicyclic) bond motifs is 1. The standard InChI is InChI=1S/C26H24N4O4.2C2HF3O2/c1-16-22(14-28-30-16)17-5-7-23(25(12-17)34-21-4-3-9-27-13-21)29-26(31)19-10-18-11-20(32-2)6-8-24(18)33-15-19;2*3-2(4,5)1(6)7/h3-9,11-14,19H,10,15H2,1-2H3,(H,28,30)(H,29,31);2*(H,6,7). The lowest BCUT2D eigenvalue weighted by Gasteiger charge is -2.25. The molecule has 2 aromatic carbocycles. The highest BCUT2D eigenvalue weighted by Gasteiger charge is 2.39. The number of aryl methyl sites for hydroxylation is 1. The van der Waals surface area contributed by atoms with Crippen molar-refractivity contribution >= 4 is 23.5 Å². The Kier molecular flexibility index (Phi) is 12.0. The Morgan fingerprint density at radius 2 is 1.62 bits per heavy atom. The smallest absolute Gasteiger partial charge is 0.490 e. The summed E-state index contributed by atoms with van der Waals surface area (Å²) >= 11 is 0. The number of rotatable bonds is 6. The van der Waals surface area contributed by atoms with E-state index >= 15 is 0 Å². The third kappa shape index (κ3) is 10.4. The molecule has 0 radical (unpaired) electrons. The second kappa shape index (κ2) is 15.7. The van der Waals surface area contributed by atoms with Crippen LogP contribution in [0.3, 0.4) is 0 Å². The van der Waals surface area contributed by atoms with E-state index in [-0.39, 0.29) is 11.8 Å². The van der Waals surface area contributed by atoms with Crippen molar-refractivity contribution < 1.29 is 65.1 Å². The van der Waals surface area contributed by atoms with Gasteiger partial charge in [0.05, 0.1) is 31.1 Å². The van der Waals surface area contributed by atoms with E-state index in [2.05, 4.69) is 20.5 Å². The SMILES string of the molecule is COc1ccc2c(c1)CC(C(=O)Nc1ccc(-c3cn[nH]c3C)cc1Oc1cccnc1)CO2.O=C(O)C(F)(F)F.O=C(O)C(F)(F)F. The Balaban J connectivity index is 0.000000376. The highest BCUT2D eigenvalue weighted by Crippen LogP contribution is 2.36. The minimum Gasteiger partial charge on any atom is -0.497 e. The largest absolute Gasteiger partial charge is 0.497 e. The molecule has 5 rings (SSSR count). The van der Waals surface area contributed by atoms with Gasteiger partial charge in [0, 0.05) is 17.5 Å². The number of nitrogens with zero attached hydrogens (tertiary/aromatic N) is 2. The molecule has 48 heavy (non-hydrogen) atoms. The zero-order valence-corrected chi connectivity index (χ0v) is 24.8. The lowest BCUT2D eigenvalue weighted by atomic mass is 9.95. The normalized spacial score (nSPS) is 13.6. The number of carbonyl (C=O) groups excluding carboxylic acids is 1. The average molecular weight is 685 g/mol. The molecule has 12 nitrogen and oxygen atoms in total. The zero-order chi connectivity index (χ0) is 35.6. The second-order valence-electron chi connectivity index (χ2n) is 9.69. The number of hydrogen-bond donors (Lipinski definition) is 4. The molecule has 4 N–H and O–H groups in total. The van der Waals surface area contributed by atoms with Crippen LogP contribution in [-0.4, -0.2) is 69.3 Å². The van der Waals surface area contributed by atoms with Crippen molar-refractivity contribution in [3.63, 3.8) is 0 Å². The molecule has 1 aliphatic heterocycles. The van der Waals surface area contributed by atoms with Gasteiger partial charge < -0.3 is 29.7 Å². The van der Waals surface area contributed by atoms with Gasteiger partial charge in [-0.25, -0.2) is 9.59 Å². The third-order valence-corrected chi connectivity index (χ3v) is 6.27. The summed E-state index contributed by atoms with van der Waals surface area (Å²) < 4.78 is 80.7. The molecule has 0 bridgehead atoms. The number of ether oxygens (including phenoxy) is 3. The number of H-pyrrole nitrogens is 1. The molecule has 0 spiro atoms. The van der Waals surface area contributed by atoms with Crippen LogP contribution in [-0.2, 0) is 20.8 Å². The van der Waals surface area contributed by atoms with Crippen LogP contribution >= 0.6 is 0 Å². The molecule has 0 saturated heterocycles. The molecule has 4 aromatic rings. The number of nitrogens with one attached hydrogen (secondary N) is 2. The molecule has 3 heterocycles. The first-order valence-corrected chi connectivity index (χ1v) is 13.4. The molecule has 1 unspecified atom stereocenters. The van der Waals surface area contributed by atoms with Crippen LogP contribution in [0.25, 0.3) is 11.1 Å². The summed E-state index contributed by atoms with van der Waals surface area (Å²) in [4.78, 5) is 35.1. The fraction of sp³-hybridized carbons (Fsp3) is 0.233. The first-order chi connectivity index (χ1) is 22.5. The van der Waals surface area contributed by atoms with Crippen LogP contribution in [0, 0.1) is 12.8 Å². The molecule has 0 aliphatic carbocycles. The summed E-state index contributed by atoms with van der Waals surface area (Å²) in [6.07, 6.45) is -4.54. The van der Waals surface area contributed by atoms with Crippen molar-refractivity contribution in [2.24, 2.45) is 5.92 Å². The van der Waals surface area contributed by atoms with E-state index in [0.717, 1.165) is 33.9 Å². The van der Waals surface area contributed by atoms with Crippen molar-refractivity contribution in [2.45, 2.75) is 25.7 Å². The summed E-state index contributed by atoms with van der Waals surface area (Å²) in [6, 6.07) is 14.9. The minimum absolute atomic E-state index is 0.142. The quantitative estimate of drug-likeness (QED) is 0.176. The van der Waals surface area contributed by atoms with Crippen molar-refractivity contribution in [3.8, 4) is 34.1 Å². The number of alkyl halides is 6. The van der Waals surface area contributed by atoms with Crippen LogP contribution in [0.5, 0.6) is 23.0 Å². The third-order valence-electron chi connectivity index (χ3n) is 6.27. The summed E-state index contributed by atoms with van der Waals surface area (Å²) in [6.45, 7) is 2.26. The number of halogens is 6. The number of carboxylic acid groups (broad SMARTS) is 2. The number of aromatic amines is 1. The van der Waals surface area contributed by atoms with Crippen LogP contribution in [0.1, 0.15) is 11.3 Å². The Hall–Kier alpha value is -5.81. The van der Waals surface area contributed by atoms with E-state index in [1.807, 2.05) is 49.4 Å². The molecule has 2 aromatic heterocycles. The van der Waals surface area contributed by atoms with E-state index in [1.54, 1.807) is 31.8 Å². The Morgan fingerprint density at radius 3 is 2.17 bits per heavy atom. The maximum atomic E-state index is 13.2. The first-order valence-electron chi connectivity index (χ1n) is 13.4. The van der Waals surface area contributed by atoms with Crippen LogP contribution in [0.2, 0.25) is 0 Å². The van der Waals surface area contributed by atoms with Gasteiger partial charge in [0.1, 0.15) is 23.9 Å². The van der Waals surface area contributed by atoms with Gasteiger partial charge in [0.2, 0.25) is 5.91 Å². The molecular weight excluding hydrogens is 658 g/mol. The summed E-state index contributed by atoms with van der Waals surface area (Å²) in [5.41, 5.74) is 4.33. The molecule has 0 fully saturated rings. The van der Waals surface area contributed by atoms with Gasteiger partial charge in [-0.05, 0) is 66.9 Å². The van der Waals surface area contributed by atoms with Gasteiger partial charge in [0.25, 0.3) is 0 Å². The van der Waals surface area contributed by atoms with Gasteiger partial charge in [-0.1, -0.05) is 6.07 Å². The maximum absolute atomic E-state index is 13.2. The molecule has 1 aliphatic rings. The first kappa shape index (κ1) is 36.7. The topological polar surface area (TPSA) is 173 Å². The number of carboxylic acids is 2. The molecular formula is C30H26F6N4O8. The Morgan fingerprint density at radius 1 is 0.958 bits per heavy atom. The summed E-state index contributed by atoms with van der Waals surface area (Å²) in [7, 11) is 1.62. The number of pyridine rings is 1. The van der Waals surface area contributed by atoms with Crippen molar-refractivity contribution in [3.05, 3.63) is 78.4 Å². The number of anilines is 1. The molecule has 0 saturated carbocycles. The average Bonchev–Trinajstić information content (AvgIpc) is 3.47. The predicted octanol–water partition coefficient (Wildman–Crippen LogP) is 6.04. The maximum Gasteiger partial charge on any atom is 0.490 e. The number of aromatic nitrogens is 3. The van der Waals surface area contributed by atoms with E-state index in [4.69, 9.17) is 34.0 Å². The number of hydrogen-bond acceptors (Lipinski definition) is 8. The number of methoxy groups -OCH3 is 1. The fourth-order valence-electron chi connectivity index (χ4n) is 3.95. The van der Waals surface area contributed by atoms with E-state index in [1.165, 1.54) is 0 Å². The summed E-state index contributed by atoms with van der Waals surface area (Å²) in [5.74, 6) is -3.40. The number of amides is 1. The van der Waals surface area contributed by atoms with Gasteiger partial charge in [-0.15, -0.1) is 0 Å². The Bertz CT molecular complexity index is 1700. The van der Waals surface area contributed by atoms with Gasteiger partial charge >= 0.3 is 24.3 Å². The van der Waals surface area contributed by atoms with Crippen molar-refractivity contribution in [2.75, 3.05) is 19.0 Å². The van der Waals surface area contributed by atoms with Crippen molar-refractivity contribution in [1.82, 2.24) is 15.2 Å². The summed E-state index contributed by atoms with van der Waals surface area (Å²) in [5, 5.41) is 24.3. The van der Waals surface area contributed by atoms with E-state index in [0.29, 0.717) is 30.2 Å². The fourth-order valence-corrected chi connectivity index (χ4v) is 3.95. The van der Waals surface area contributed by atoms with Crippen LogP contribution in [0.4, 0.5) is 32.0 Å². The highest BCUT2D eigenvalue weighted by atomic mass is 19.4. The predicted molar refractivity (Wildman–Crippen MR) is 155 cm³/mol. The van der Waals surface area contributed by atoms with Crippen LogP contribution < -0.4 is 19.5 Å². The van der Waals surface area contributed by atoms with Crippen molar-refractivity contribution in [1.29, 1.82) is 0 Å². The molecule has 1 atom stereocenters. The lowest BCUT2D eigenvalue weighted by Crippen LogP contribution is -2.32. The molecule has 1 amide bonds. The second-order valence-corrected chi connectivity index (χ2v) is 9.69. The van der Waals surface area contributed by atoms with E-state index in [9.17, 15) is 31.1 Å². The zero-order valence-electron chi connectivity index (χ0n) is 24.8. The van der Waals surface area contributed by atoms with Gasteiger partial charge in [-0.3, -0.25) is 14.9 Å². The highest BCUT2D eigenvalue weighted by molar-refractivity contribution is 5.95.